The van der Waals surface area contributed by atoms with Gasteiger partial charge >= 0.3 is 0 Å². The predicted molar refractivity (Wildman–Crippen MR) is 117 cm³/mol. The summed E-state index contributed by atoms with van der Waals surface area (Å²) in [6.07, 6.45) is 0.940. The number of amides is 1. The lowest BCUT2D eigenvalue weighted by Gasteiger charge is -2.07. The Morgan fingerprint density at radius 1 is 1.10 bits per heavy atom. The predicted octanol–water partition coefficient (Wildman–Crippen LogP) is 6.30. The van der Waals surface area contributed by atoms with Gasteiger partial charge in [-0.1, -0.05) is 28.9 Å². The summed E-state index contributed by atoms with van der Waals surface area (Å²) in [7, 11) is 0. The van der Waals surface area contributed by atoms with Gasteiger partial charge in [0.25, 0.3) is 5.91 Å². The van der Waals surface area contributed by atoms with Gasteiger partial charge in [0.1, 0.15) is 11.3 Å². The number of halogens is 1. The Kier molecular flexibility index (Phi) is 5.62. The van der Waals surface area contributed by atoms with Gasteiger partial charge in [0, 0.05) is 21.3 Å². The molecule has 0 aliphatic heterocycles. The molecule has 1 N–H and O–H groups in total. The number of ether oxygens (including phenoxy) is 1. The summed E-state index contributed by atoms with van der Waals surface area (Å²) in [5, 5.41) is 2.90. The molecule has 0 saturated heterocycles. The van der Waals surface area contributed by atoms with Crippen LogP contribution in [0.15, 0.2) is 75.6 Å². The third-order valence-electron chi connectivity index (χ3n) is 4.31. The topological polar surface area (TPSA) is 64.4 Å². The van der Waals surface area contributed by atoms with E-state index in [1.807, 2.05) is 24.3 Å². The third-order valence-corrected chi connectivity index (χ3v) is 4.80. The number of oxazole rings is 1. The van der Waals surface area contributed by atoms with E-state index in [1.54, 1.807) is 42.5 Å². The maximum Gasteiger partial charge on any atom is 0.255 e. The number of carbonyl (C=O) groups is 1. The molecule has 4 rings (SSSR count). The first-order valence-electron chi connectivity index (χ1n) is 9.33. The molecule has 0 saturated carbocycles. The summed E-state index contributed by atoms with van der Waals surface area (Å²) >= 11 is 3.46. The van der Waals surface area contributed by atoms with Crippen molar-refractivity contribution in [2.45, 2.75) is 13.3 Å². The third kappa shape index (κ3) is 4.49. The van der Waals surface area contributed by atoms with Crippen molar-refractivity contribution >= 4 is 38.6 Å². The maximum atomic E-state index is 12.5. The second kappa shape index (κ2) is 8.49. The molecule has 1 amide bonds. The molecule has 0 aliphatic carbocycles. The van der Waals surface area contributed by atoms with Crippen molar-refractivity contribution in [1.82, 2.24) is 4.98 Å². The number of aromatic nitrogens is 1. The lowest BCUT2D eigenvalue weighted by molar-refractivity contribution is 0.102. The molecule has 146 valence electrons. The molecule has 1 heterocycles. The highest BCUT2D eigenvalue weighted by atomic mass is 79.9. The minimum absolute atomic E-state index is 0.193. The SMILES string of the molecule is CCCOc1ccc(C(=O)Nc2ccc3oc(-c4cccc(Br)c4)nc3c2)cc1. The van der Waals surface area contributed by atoms with Gasteiger partial charge in [-0.2, -0.15) is 0 Å². The van der Waals surface area contributed by atoms with Gasteiger partial charge in [-0.05, 0) is 67.1 Å². The number of hydrogen-bond acceptors (Lipinski definition) is 4. The van der Waals surface area contributed by atoms with Crippen molar-refractivity contribution in [3.63, 3.8) is 0 Å². The molecular formula is C23H19BrN2O3. The number of hydrogen-bond donors (Lipinski definition) is 1. The van der Waals surface area contributed by atoms with E-state index in [-0.39, 0.29) is 5.91 Å². The van der Waals surface area contributed by atoms with Crippen LogP contribution in [0.4, 0.5) is 5.69 Å². The lowest BCUT2D eigenvalue weighted by atomic mass is 10.2. The van der Waals surface area contributed by atoms with Crippen LogP contribution < -0.4 is 10.1 Å². The number of fused-ring (bicyclic) bond motifs is 1. The average Bonchev–Trinajstić information content (AvgIpc) is 3.16. The molecule has 0 radical (unpaired) electrons. The number of rotatable bonds is 6. The van der Waals surface area contributed by atoms with Gasteiger partial charge in [-0.15, -0.1) is 0 Å². The Labute approximate surface area is 176 Å². The molecule has 0 bridgehead atoms. The number of nitrogens with one attached hydrogen (secondary N) is 1. The van der Waals surface area contributed by atoms with E-state index in [1.165, 1.54) is 0 Å². The number of nitrogens with zero attached hydrogens (tertiary/aromatic N) is 1. The zero-order valence-electron chi connectivity index (χ0n) is 15.8. The fraction of sp³-hybridized carbons (Fsp3) is 0.130. The van der Waals surface area contributed by atoms with E-state index >= 15 is 0 Å². The Morgan fingerprint density at radius 2 is 1.93 bits per heavy atom. The fourth-order valence-electron chi connectivity index (χ4n) is 2.88. The first kappa shape index (κ1) is 19.2. The number of benzene rings is 3. The van der Waals surface area contributed by atoms with Crippen LogP contribution in [0.5, 0.6) is 5.75 Å². The molecule has 1 aromatic heterocycles. The van der Waals surface area contributed by atoms with Crippen LogP contribution in [0.1, 0.15) is 23.7 Å². The number of carbonyl (C=O) groups excluding carboxylic acids is 1. The smallest absolute Gasteiger partial charge is 0.255 e. The van der Waals surface area contributed by atoms with Crippen LogP contribution in [-0.2, 0) is 0 Å². The molecule has 4 aromatic rings. The lowest BCUT2D eigenvalue weighted by Crippen LogP contribution is -2.11. The summed E-state index contributed by atoms with van der Waals surface area (Å²) in [5.74, 6) is 1.10. The van der Waals surface area contributed by atoms with Gasteiger partial charge in [0.05, 0.1) is 6.61 Å². The Balaban J connectivity index is 1.51. The van der Waals surface area contributed by atoms with Crippen LogP contribution in [0.2, 0.25) is 0 Å². The van der Waals surface area contributed by atoms with E-state index in [0.717, 1.165) is 22.2 Å². The van der Waals surface area contributed by atoms with Crippen molar-refractivity contribution in [2.24, 2.45) is 0 Å². The van der Waals surface area contributed by atoms with Crippen LogP contribution in [0, 0.1) is 0 Å². The highest BCUT2D eigenvalue weighted by molar-refractivity contribution is 9.10. The maximum absolute atomic E-state index is 12.5. The highest BCUT2D eigenvalue weighted by Crippen LogP contribution is 2.28. The highest BCUT2D eigenvalue weighted by Gasteiger charge is 2.11. The molecule has 0 atom stereocenters. The van der Waals surface area contributed by atoms with Crippen LogP contribution in [0.25, 0.3) is 22.6 Å². The van der Waals surface area contributed by atoms with E-state index in [4.69, 9.17) is 9.15 Å². The zero-order valence-corrected chi connectivity index (χ0v) is 17.4. The van der Waals surface area contributed by atoms with E-state index < -0.39 is 0 Å². The standard InChI is InChI=1S/C23H19BrN2O3/c1-2-12-28-19-9-6-15(7-10-19)22(27)25-18-8-11-21-20(14-18)26-23(29-21)16-4-3-5-17(24)13-16/h3-11,13-14H,2,12H2,1H3,(H,25,27). The Bertz CT molecular complexity index is 1150. The van der Waals surface area contributed by atoms with Crippen molar-refractivity contribution in [3.05, 3.63) is 76.8 Å². The van der Waals surface area contributed by atoms with Gasteiger partial charge in [-0.3, -0.25) is 4.79 Å². The Morgan fingerprint density at radius 3 is 2.69 bits per heavy atom. The zero-order chi connectivity index (χ0) is 20.2. The van der Waals surface area contributed by atoms with Crippen LogP contribution in [-0.4, -0.2) is 17.5 Å². The van der Waals surface area contributed by atoms with E-state index in [2.05, 4.69) is 33.2 Å². The molecule has 0 aliphatic rings. The molecule has 5 nitrogen and oxygen atoms in total. The second-order valence-electron chi connectivity index (χ2n) is 6.54. The van der Waals surface area contributed by atoms with Crippen molar-refractivity contribution in [1.29, 1.82) is 0 Å². The molecular weight excluding hydrogens is 432 g/mol. The fourth-order valence-corrected chi connectivity index (χ4v) is 3.28. The first-order valence-corrected chi connectivity index (χ1v) is 10.1. The second-order valence-corrected chi connectivity index (χ2v) is 7.45. The Hall–Kier alpha value is -3.12. The summed E-state index contributed by atoms with van der Waals surface area (Å²) in [6.45, 7) is 2.71. The molecule has 0 fully saturated rings. The summed E-state index contributed by atoms with van der Waals surface area (Å²) < 4.78 is 12.3. The molecule has 0 spiro atoms. The largest absolute Gasteiger partial charge is 0.494 e. The molecule has 3 aromatic carbocycles. The molecule has 29 heavy (non-hydrogen) atoms. The van der Waals surface area contributed by atoms with E-state index in [9.17, 15) is 4.79 Å². The molecule has 6 heteroatoms. The summed E-state index contributed by atoms with van der Waals surface area (Å²) in [4.78, 5) is 17.1. The summed E-state index contributed by atoms with van der Waals surface area (Å²) in [5.41, 5.74) is 3.44. The van der Waals surface area contributed by atoms with Gasteiger partial charge in [0.2, 0.25) is 5.89 Å². The molecule has 0 unspecified atom stereocenters. The van der Waals surface area contributed by atoms with E-state index in [0.29, 0.717) is 34.8 Å². The van der Waals surface area contributed by atoms with Crippen molar-refractivity contribution < 1.29 is 13.9 Å². The minimum atomic E-state index is -0.193. The van der Waals surface area contributed by atoms with Gasteiger partial charge in [-0.25, -0.2) is 4.98 Å². The normalized spacial score (nSPS) is 10.8. The monoisotopic (exact) mass is 450 g/mol. The average molecular weight is 451 g/mol. The van der Waals surface area contributed by atoms with Crippen molar-refractivity contribution in [3.8, 4) is 17.2 Å². The van der Waals surface area contributed by atoms with Gasteiger partial charge < -0.3 is 14.5 Å². The number of anilines is 1. The van der Waals surface area contributed by atoms with Crippen molar-refractivity contribution in [2.75, 3.05) is 11.9 Å². The van der Waals surface area contributed by atoms with Gasteiger partial charge in [0.15, 0.2) is 5.58 Å². The quantitative estimate of drug-likeness (QED) is 0.374. The first-order chi connectivity index (χ1) is 14.1. The van der Waals surface area contributed by atoms with Crippen LogP contribution >= 0.6 is 15.9 Å². The van der Waals surface area contributed by atoms with Crippen LogP contribution in [0.3, 0.4) is 0 Å². The summed E-state index contributed by atoms with van der Waals surface area (Å²) in [6, 6.07) is 20.3. The minimum Gasteiger partial charge on any atom is -0.494 e.